The largest absolute Gasteiger partial charge is 0.466 e. The number of aryl methyl sites for hydroxylation is 1. The van der Waals surface area contributed by atoms with Crippen LogP contribution in [0.4, 0.5) is 0 Å². The van der Waals surface area contributed by atoms with Gasteiger partial charge in [0, 0.05) is 0 Å². The maximum atomic E-state index is 11.1. The Morgan fingerprint density at radius 1 is 1.12 bits per heavy atom. The normalized spacial score (nSPS) is 33.8. The predicted molar refractivity (Wildman–Crippen MR) is 92.8 cm³/mol. The first-order valence-electron chi connectivity index (χ1n) is 9.10. The summed E-state index contributed by atoms with van der Waals surface area (Å²) in [6.07, 6.45) is 11.2. The Balaban J connectivity index is 1.54. The molecule has 0 radical (unpaired) electrons. The van der Waals surface area contributed by atoms with Gasteiger partial charge in [0.2, 0.25) is 0 Å². The minimum absolute atomic E-state index is 0.405. The second-order valence-electron chi connectivity index (χ2n) is 8.12. The average Bonchev–Trinajstić information content (AvgIpc) is 2.54. The van der Waals surface area contributed by atoms with Crippen LogP contribution in [0, 0.1) is 24.7 Å². The van der Waals surface area contributed by atoms with Crippen molar-refractivity contribution in [3.05, 3.63) is 41.7 Å². The minimum Gasteiger partial charge on any atom is -0.466 e. The molecule has 0 N–H and O–H groups in total. The molecule has 24 heavy (non-hydrogen) atoms. The van der Waals surface area contributed by atoms with Crippen LogP contribution < -0.4 is 4.74 Å². The van der Waals surface area contributed by atoms with Crippen molar-refractivity contribution in [2.75, 3.05) is 7.11 Å². The van der Waals surface area contributed by atoms with Gasteiger partial charge in [-0.3, -0.25) is 0 Å². The molecule has 4 aliphatic rings. The van der Waals surface area contributed by atoms with E-state index in [-0.39, 0.29) is 0 Å². The van der Waals surface area contributed by atoms with E-state index < -0.39 is 5.97 Å². The van der Waals surface area contributed by atoms with Gasteiger partial charge < -0.3 is 9.47 Å². The number of hydrogen-bond donors (Lipinski definition) is 0. The van der Waals surface area contributed by atoms with Crippen molar-refractivity contribution in [1.29, 1.82) is 0 Å². The van der Waals surface area contributed by atoms with Gasteiger partial charge in [0.15, 0.2) is 0 Å². The maximum absolute atomic E-state index is 11.1. The Morgan fingerprint density at radius 3 is 2.29 bits per heavy atom. The summed E-state index contributed by atoms with van der Waals surface area (Å²) in [6.45, 7) is 2.09. The quantitative estimate of drug-likeness (QED) is 0.463. The van der Waals surface area contributed by atoms with E-state index in [9.17, 15) is 4.79 Å². The van der Waals surface area contributed by atoms with Gasteiger partial charge in [-0.1, -0.05) is 12.1 Å². The lowest BCUT2D eigenvalue weighted by molar-refractivity contribution is -0.134. The molecule has 4 fully saturated rings. The highest BCUT2D eigenvalue weighted by Crippen LogP contribution is 2.60. The van der Waals surface area contributed by atoms with Gasteiger partial charge in [0.05, 0.1) is 19.4 Å². The zero-order valence-corrected chi connectivity index (χ0v) is 14.6. The molecule has 0 aromatic heterocycles. The van der Waals surface area contributed by atoms with Crippen molar-refractivity contribution >= 4 is 5.97 Å². The molecule has 1 aromatic carbocycles. The van der Waals surface area contributed by atoms with Crippen LogP contribution >= 0.6 is 0 Å². The Morgan fingerprint density at radius 2 is 1.75 bits per heavy atom. The van der Waals surface area contributed by atoms with E-state index in [0.29, 0.717) is 5.41 Å². The summed E-state index contributed by atoms with van der Waals surface area (Å²) in [5, 5.41) is 0. The van der Waals surface area contributed by atoms with Crippen LogP contribution in [0.5, 0.6) is 5.75 Å². The molecule has 4 saturated carbocycles. The summed E-state index contributed by atoms with van der Waals surface area (Å²) in [5.41, 5.74) is 3.06. The number of carbonyl (C=O) groups is 1. The van der Waals surface area contributed by atoms with Crippen molar-refractivity contribution in [2.24, 2.45) is 17.8 Å². The van der Waals surface area contributed by atoms with Crippen LogP contribution in [0.15, 0.2) is 30.5 Å². The number of rotatable bonds is 4. The topological polar surface area (TPSA) is 35.5 Å². The fourth-order valence-corrected chi connectivity index (χ4v) is 5.81. The summed E-state index contributed by atoms with van der Waals surface area (Å²) in [5.74, 6) is 3.27. The molecule has 5 rings (SSSR count). The summed E-state index contributed by atoms with van der Waals surface area (Å²) in [7, 11) is 1.36. The van der Waals surface area contributed by atoms with Crippen LogP contribution in [0.1, 0.15) is 49.7 Å². The molecule has 0 unspecified atom stereocenters. The fraction of sp³-hybridized carbons (Fsp3) is 0.571. The fourth-order valence-electron chi connectivity index (χ4n) is 5.81. The molecule has 4 aliphatic carbocycles. The van der Waals surface area contributed by atoms with Gasteiger partial charge in [-0.05, 0) is 85.8 Å². The lowest BCUT2D eigenvalue weighted by Crippen LogP contribution is -2.48. The molecular weight excluding hydrogens is 300 g/mol. The van der Waals surface area contributed by atoms with Crippen molar-refractivity contribution < 1.29 is 14.3 Å². The molecule has 0 saturated heterocycles. The van der Waals surface area contributed by atoms with Crippen LogP contribution in [0.2, 0.25) is 0 Å². The van der Waals surface area contributed by atoms with Gasteiger partial charge in [-0.15, -0.1) is 0 Å². The number of carbonyl (C=O) groups excluding carboxylic acids is 1. The van der Waals surface area contributed by atoms with Crippen LogP contribution in [-0.2, 0) is 14.9 Å². The van der Waals surface area contributed by atoms with E-state index in [2.05, 4.69) is 29.9 Å². The smallest absolute Gasteiger partial charge is 0.333 e. The second-order valence-corrected chi connectivity index (χ2v) is 8.12. The summed E-state index contributed by atoms with van der Waals surface area (Å²) in [6, 6.07) is 6.63. The Hall–Kier alpha value is -1.77. The molecule has 0 heterocycles. The zero-order chi connectivity index (χ0) is 16.7. The van der Waals surface area contributed by atoms with Crippen LogP contribution in [0.3, 0.4) is 0 Å². The monoisotopic (exact) mass is 326 g/mol. The van der Waals surface area contributed by atoms with Crippen LogP contribution in [0.25, 0.3) is 0 Å². The first kappa shape index (κ1) is 15.7. The molecule has 128 valence electrons. The highest BCUT2D eigenvalue weighted by atomic mass is 16.5. The molecular formula is C21H26O3. The lowest BCUT2D eigenvalue weighted by atomic mass is 9.48. The Labute approximate surface area is 144 Å². The van der Waals surface area contributed by atoms with E-state index in [4.69, 9.17) is 4.74 Å². The molecule has 0 spiro atoms. The third-order valence-corrected chi connectivity index (χ3v) is 6.43. The molecule has 4 bridgehead atoms. The van der Waals surface area contributed by atoms with Gasteiger partial charge in [0.1, 0.15) is 5.75 Å². The SMILES string of the molecule is COC(=O)/C=C/Oc1ccc(C23CC4CC(CC(C4)C2)C3)cc1C. The minimum atomic E-state index is -0.405. The van der Waals surface area contributed by atoms with Gasteiger partial charge in [-0.2, -0.15) is 0 Å². The number of methoxy groups -OCH3 is 1. The van der Waals surface area contributed by atoms with Gasteiger partial charge in [-0.25, -0.2) is 4.79 Å². The Kier molecular flexibility index (Phi) is 3.90. The molecule has 1 aromatic rings. The molecule has 3 heteroatoms. The first-order valence-corrected chi connectivity index (χ1v) is 9.10. The summed E-state index contributed by atoms with van der Waals surface area (Å²) >= 11 is 0. The Bertz CT molecular complexity index is 638. The van der Waals surface area contributed by atoms with Crippen molar-refractivity contribution in [1.82, 2.24) is 0 Å². The van der Waals surface area contributed by atoms with E-state index >= 15 is 0 Å². The number of esters is 1. The maximum Gasteiger partial charge on any atom is 0.333 e. The average molecular weight is 326 g/mol. The van der Waals surface area contributed by atoms with E-state index in [1.165, 1.54) is 63.5 Å². The van der Waals surface area contributed by atoms with Crippen molar-refractivity contribution in [2.45, 2.75) is 50.9 Å². The number of benzene rings is 1. The van der Waals surface area contributed by atoms with Gasteiger partial charge >= 0.3 is 5.97 Å². The summed E-state index contributed by atoms with van der Waals surface area (Å²) in [4.78, 5) is 11.1. The van der Waals surface area contributed by atoms with Crippen molar-refractivity contribution in [3.8, 4) is 5.75 Å². The number of hydrogen-bond acceptors (Lipinski definition) is 3. The predicted octanol–water partition coefficient (Wildman–Crippen LogP) is 4.53. The van der Waals surface area contributed by atoms with E-state index in [0.717, 1.165) is 29.1 Å². The molecule has 0 atom stereocenters. The zero-order valence-electron chi connectivity index (χ0n) is 14.6. The third-order valence-electron chi connectivity index (χ3n) is 6.43. The molecule has 0 aliphatic heterocycles. The summed E-state index contributed by atoms with van der Waals surface area (Å²) < 4.78 is 10.2. The van der Waals surface area contributed by atoms with Gasteiger partial charge in [0.25, 0.3) is 0 Å². The second kappa shape index (κ2) is 5.94. The standard InChI is InChI=1S/C21H26O3/c1-14-7-18(3-4-19(14)24-6-5-20(22)23-2)21-11-15-8-16(12-21)10-17(9-15)13-21/h3-7,15-17H,8-13H2,1-2H3/b6-5+. The van der Waals surface area contributed by atoms with Crippen LogP contribution in [-0.4, -0.2) is 13.1 Å². The van der Waals surface area contributed by atoms with E-state index in [1.807, 2.05) is 0 Å². The first-order chi connectivity index (χ1) is 11.6. The molecule has 3 nitrogen and oxygen atoms in total. The van der Waals surface area contributed by atoms with E-state index in [1.54, 1.807) is 0 Å². The number of ether oxygens (including phenoxy) is 2. The third kappa shape index (κ3) is 2.74. The highest BCUT2D eigenvalue weighted by molar-refractivity contribution is 5.81. The van der Waals surface area contributed by atoms with Crippen molar-refractivity contribution in [3.63, 3.8) is 0 Å². The highest BCUT2D eigenvalue weighted by Gasteiger charge is 2.51. The lowest BCUT2D eigenvalue weighted by Gasteiger charge is -2.57. The molecule has 0 amide bonds.